The molecule has 0 bridgehead atoms. The minimum atomic E-state index is 0.0802. The molecule has 0 unspecified atom stereocenters. The van der Waals surface area contributed by atoms with Crippen molar-refractivity contribution in [3.05, 3.63) is 66.0 Å². The number of likely N-dealkylation sites (tertiary alicyclic amines) is 3. The molecule has 0 radical (unpaired) electrons. The van der Waals surface area contributed by atoms with Crippen LogP contribution in [0.2, 0.25) is 0 Å². The van der Waals surface area contributed by atoms with Gasteiger partial charge in [-0.1, -0.05) is 30.3 Å². The zero-order valence-corrected chi connectivity index (χ0v) is 17.9. The van der Waals surface area contributed by atoms with Gasteiger partial charge in [0.15, 0.2) is 0 Å². The minimum Gasteiger partial charge on any atom is -0.337 e. The van der Waals surface area contributed by atoms with Gasteiger partial charge in [-0.2, -0.15) is 0 Å². The molecule has 1 amide bonds. The van der Waals surface area contributed by atoms with E-state index in [9.17, 15) is 4.79 Å². The lowest BCUT2D eigenvalue weighted by Crippen LogP contribution is -2.50. The van der Waals surface area contributed by atoms with Crippen LogP contribution in [0.3, 0.4) is 0 Å². The van der Waals surface area contributed by atoms with Crippen molar-refractivity contribution in [1.82, 2.24) is 19.7 Å². The van der Waals surface area contributed by atoms with Crippen molar-refractivity contribution in [2.24, 2.45) is 0 Å². The van der Waals surface area contributed by atoms with Gasteiger partial charge in [-0.3, -0.25) is 14.7 Å². The number of pyridine rings is 1. The molecule has 3 saturated heterocycles. The standard InChI is InChI=1S/C25H32N4O/c1-27-15-10-25(11-16-27,21-5-3-2-4-6-21)19-29-22-9-14-28(23(22)17-24(29)30)18-20-7-12-26-13-8-20/h2-8,12-13,22-23H,9-11,14-19H2,1H3/t22-,23-/m0/s1. The summed E-state index contributed by atoms with van der Waals surface area (Å²) in [5, 5.41) is 0. The minimum absolute atomic E-state index is 0.0802. The van der Waals surface area contributed by atoms with E-state index in [2.05, 4.69) is 69.2 Å². The second-order valence-corrected chi connectivity index (χ2v) is 9.42. The Balaban J connectivity index is 1.35. The fourth-order valence-corrected chi connectivity index (χ4v) is 5.84. The third-order valence-corrected chi connectivity index (χ3v) is 7.67. The van der Waals surface area contributed by atoms with Gasteiger partial charge in [0, 0.05) is 55.9 Å². The van der Waals surface area contributed by atoms with Crippen molar-refractivity contribution in [3.8, 4) is 0 Å². The van der Waals surface area contributed by atoms with Crippen molar-refractivity contribution in [2.75, 3.05) is 33.2 Å². The van der Waals surface area contributed by atoms with Crippen LogP contribution in [0.1, 0.15) is 36.8 Å². The predicted octanol–water partition coefficient (Wildman–Crippen LogP) is 2.92. The lowest BCUT2D eigenvalue weighted by atomic mass is 9.72. The molecule has 5 heteroatoms. The highest BCUT2D eigenvalue weighted by molar-refractivity contribution is 5.80. The van der Waals surface area contributed by atoms with E-state index in [0.717, 1.165) is 52.0 Å². The number of nitrogens with zero attached hydrogens (tertiary/aromatic N) is 4. The number of carbonyl (C=O) groups excluding carboxylic acids is 1. The number of piperidine rings is 1. The Kier molecular flexibility index (Phi) is 5.34. The molecule has 3 fully saturated rings. The molecule has 4 heterocycles. The van der Waals surface area contributed by atoms with E-state index in [-0.39, 0.29) is 5.41 Å². The number of rotatable bonds is 5. The first-order valence-electron chi connectivity index (χ1n) is 11.3. The highest BCUT2D eigenvalue weighted by Gasteiger charge is 2.49. The van der Waals surface area contributed by atoms with E-state index < -0.39 is 0 Å². The van der Waals surface area contributed by atoms with E-state index >= 15 is 0 Å². The average Bonchev–Trinajstić information content (AvgIpc) is 3.30. The van der Waals surface area contributed by atoms with Crippen molar-refractivity contribution in [2.45, 2.75) is 49.7 Å². The molecule has 0 aliphatic carbocycles. The lowest BCUT2D eigenvalue weighted by molar-refractivity contribution is -0.130. The molecule has 2 aromatic rings. The number of carbonyl (C=O) groups is 1. The maximum atomic E-state index is 13.2. The summed E-state index contributed by atoms with van der Waals surface area (Å²) in [5.74, 6) is 0.346. The van der Waals surface area contributed by atoms with Gasteiger partial charge in [0.2, 0.25) is 5.91 Å². The number of benzene rings is 1. The number of hydrogen-bond acceptors (Lipinski definition) is 4. The number of aromatic nitrogens is 1. The Morgan fingerprint density at radius 2 is 1.73 bits per heavy atom. The van der Waals surface area contributed by atoms with E-state index in [4.69, 9.17) is 0 Å². The first-order valence-corrected chi connectivity index (χ1v) is 11.3. The van der Waals surface area contributed by atoms with Crippen LogP contribution in [0.5, 0.6) is 0 Å². The molecular weight excluding hydrogens is 372 g/mol. The van der Waals surface area contributed by atoms with Crippen LogP contribution in [0.4, 0.5) is 0 Å². The molecule has 3 aliphatic rings. The fourth-order valence-electron chi connectivity index (χ4n) is 5.84. The van der Waals surface area contributed by atoms with E-state index in [0.29, 0.717) is 24.4 Å². The van der Waals surface area contributed by atoms with Gasteiger partial charge in [-0.05, 0) is 62.7 Å². The molecule has 5 nitrogen and oxygen atoms in total. The Hall–Kier alpha value is -2.24. The fraction of sp³-hybridized carbons (Fsp3) is 0.520. The maximum Gasteiger partial charge on any atom is 0.224 e. The smallest absolute Gasteiger partial charge is 0.224 e. The van der Waals surface area contributed by atoms with Crippen LogP contribution in [-0.4, -0.2) is 70.9 Å². The topological polar surface area (TPSA) is 39.7 Å². The lowest BCUT2D eigenvalue weighted by Gasteiger charge is -2.44. The summed E-state index contributed by atoms with van der Waals surface area (Å²) in [7, 11) is 2.21. The van der Waals surface area contributed by atoms with Crippen LogP contribution in [-0.2, 0) is 16.8 Å². The van der Waals surface area contributed by atoms with Gasteiger partial charge in [0.1, 0.15) is 0 Å². The van der Waals surface area contributed by atoms with Gasteiger partial charge in [0.05, 0.1) is 0 Å². The summed E-state index contributed by atoms with van der Waals surface area (Å²) in [6.07, 6.45) is 7.72. The molecule has 5 rings (SSSR count). The third-order valence-electron chi connectivity index (χ3n) is 7.67. The number of hydrogen-bond donors (Lipinski definition) is 0. The van der Waals surface area contributed by atoms with Gasteiger partial charge in [-0.15, -0.1) is 0 Å². The summed E-state index contributed by atoms with van der Waals surface area (Å²) in [4.78, 5) is 24.5. The zero-order valence-electron chi connectivity index (χ0n) is 17.9. The van der Waals surface area contributed by atoms with Gasteiger partial charge >= 0.3 is 0 Å². The Morgan fingerprint density at radius 3 is 2.47 bits per heavy atom. The van der Waals surface area contributed by atoms with E-state index in [1.165, 1.54) is 11.1 Å². The zero-order chi connectivity index (χ0) is 20.6. The van der Waals surface area contributed by atoms with Crippen molar-refractivity contribution in [1.29, 1.82) is 0 Å². The molecule has 1 aromatic heterocycles. The second-order valence-electron chi connectivity index (χ2n) is 9.42. The number of amides is 1. The van der Waals surface area contributed by atoms with E-state index in [1.54, 1.807) is 0 Å². The Morgan fingerprint density at radius 1 is 1.00 bits per heavy atom. The molecule has 0 spiro atoms. The van der Waals surface area contributed by atoms with Crippen LogP contribution in [0, 0.1) is 0 Å². The summed E-state index contributed by atoms with van der Waals surface area (Å²) in [6.45, 7) is 5.05. The second kappa shape index (κ2) is 8.12. The van der Waals surface area contributed by atoms with Gasteiger partial charge in [-0.25, -0.2) is 0 Å². The predicted molar refractivity (Wildman–Crippen MR) is 118 cm³/mol. The molecule has 158 valence electrons. The molecule has 30 heavy (non-hydrogen) atoms. The molecule has 1 aromatic carbocycles. The molecule has 0 N–H and O–H groups in total. The highest BCUT2D eigenvalue weighted by atomic mass is 16.2. The summed E-state index contributed by atoms with van der Waals surface area (Å²) in [5.41, 5.74) is 2.77. The van der Waals surface area contributed by atoms with Crippen LogP contribution >= 0.6 is 0 Å². The Bertz CT molecular complexity index is 863. The maximum absolute atomic E-state index is 13.2. The van der Waals surface area contributed by atoms with Crippen molar-refractivity contribution in [3.63, 3.8) is 0 Å². The normalized spacial score (nSPS) is 26.8. The largest absolute Gasteiger partial charge is 0.337 e. The van der Waals surface area contributed by atoms with E-state index in [1.807, 2.05) is 12.4 Å². The first-order chi connectivity index (χ1) is 14.6. The monoisotopic (exact) mass is 404 g/mol. The summed E-state index contributed by atoms with van der Waals surface area (Å²) in [6, 6.07) is 15.8. The third kappa shape index (κ3) is 3.65. The first kappa shape index (κ1) is 19.7. The molecular formula is C25H32N4O. The molecule has 3 aliphatic heterocycles. The number of fused-ring (bicyclic) bond motifs is 1. The quantitative estimate of drug-likeness (QED) is 0.768. The van der Waals surface area contributed by atoms with Gasteiger partial charge < -0.3 is 9.80 Å². The highest BCUT2D eigenvalue weighted by Crippen LogP contribution is 2.41. The average molecular weight is 405 g/mol. The molecule has 0 saturated carbocycles. The summed E-state index contributed by atoms with van der Waals surface area (Å²) < 4.78 is 0. The van der Waals surface area contributed by atoms with Crippen molar-refractivity contribution < 1.29 is 4.79 Å². The van der Waals surface area contributed by atoms with Crippen LogP contribution in [0.25, 0.3) is 0 Å². The van der Waals surface area contributed by atoms with Crippen molar-refractivity contribution >= 4 is 5.91 Å². The Labute approximate surface area is 179 Å². The van der Waals surface area contributed by atoms with Crippen LogP contribution < -0.4 is 0 Å². The molecule has 2 atom stereocenters. The SMILES string of the molecule is CN1CCC(CN2C(=O)C[C@H]3[C@@H]2CCN3Cc2ccncc2)(c2ccccc2)CC1. The summed E-state index contributed by atoms with van der Waals surface area (Å²) >= 11 is 0. The van der Waals surface area contributed by atoms with Crippen LogP contribution in [0.15, 0.2) is 54.9 Å². The van der Waals surface area contributed by atoms with Gasteiger partial charge in [0.25, 0.3) is 0 Å².